The maximum Gasteiger partial charge on any atom is 0.331 e. The molecule has 0 aliphatic heterocycles. The zero-order chi connectivity index (χ0) is 13.8. The highest BCUT2D eigenvalue weighted by atomic mass is 16.5. The molecule has 0 spiro atoms. The van der Waals surface area contributed by atoms with Crippen molar-refractivity contribution in [3.05, 3.63) is 41.0 Å². The molecule has 19 heavy (non-hydrogen) atoms. The predicted octanol–water partition coefficient (Wildman–Crippen LogP) is 1.05. The van der Waals surface area contributed by atoms with Crippen LogP contribution in [0.1, 0.15) is 0 Å². The standard InChI is InChI=1S/C13H12N2O4/c1-18-9-3-4-11-10(7-9)13(17)15(8-14-11)6-5-12(16)19-2/h3-8H,1-2H3. The summed E-state index contributed by atoms with van der Waals surface area (Å²) in [5.41, 5.74) is 0.276. The highest BCUT2D eigenvalue weighted by Crippen LogP contribution is 2.15. The second-order valence-electron chi connectivity index (χ2n) is 3.68. The van der Waals surface area contributed by atoms with E-state index in [0.717, 1.165) is 6.08 Å². The lowest BCUT2D eigenvalue weighted by atomic mass is 10.2. The third-order valence-electron chi connectivity index (χ3n) is 2.56. The highest BCUT2D eigenvalue weighted by molar-refractivity contribution is 5.85. The minimum Gasteiger partial charge on any atom is -0.497 e. The summed E-state index contributed by atoms with van der Waals surface area (Å²) in [7, 11) is 2.78. The van der Waals surface area contributed by atoms with Gasteiger partial charge in [0, 0.05) is 12.3 Å². The minimum absolute atomic E-state index is 0.288. The number of fused-ring (bicyclic) bond motifs is 1. The van der Waals surface area contributed by atoms with Crippen LogP contribution in [0.5, 0.6) is 5.75 Å². The SMILES string of the molecule is COC(=O)C=Cn1cnc2ccc(OC)cc2c1=O. The van der Waals surface area contributed by atoms with Crippen LogP contribution < -0.4 is 10.3 Å². The average molecular weight is 260 g/mol. The van der Waals surface area contributed by atoms with Crippen molar-refractivity contribution in [2.75, 3.05) is 14.2 Å². The summed E-state index contributed by atoms with van der Waals surface area (Å²) in [6.07, 6.45) is 3.80. The molecule has 98 valence electrons. The van der Waals surface area contributed by atoms with Gasteiger partial charge in [-0.1, -0.05) is 0 Å². The van der Waals surface area contributed by atoms with E-state index in [0.29, 0.717) is 16.7 Å². The molecule has 1 aromatic carbocycles. The molecule has 6 heteroatoms. The third kappa shape index (κ3) is 2.62. The molecule has 0 amide bonds. The molecule has 0 saturated carbocycles. The van der Waals surface area contributed by atoms with Crippen LogP contribution in [0.3, 0.4) is 0 Å². The molecule has 2 aromatic rings. The second-order valence-corrected chi connectivity index (χ2v) is 3.68. The van der Waals surface area contributed by atoms with Crippen LogP contribution in [0.4, 0.5) is 0 Å². The van der Waals surface area contributed by atoms with E-state index < -0.39 is 5.97 Å². The van der Waals surface area contributed by atoms with Crippen molar-refractivity contribution < 1.29 is 14.3 Å². The topological polar surface area (TPSA) is 70.4 Å². The van der Waals surface area contributed by atoms with Crippen molar-refractivity contribution in [3.63, 3.8) is 0 Å². The Bertz CT molecular complexity index is 703. The number of carbonyl (C=O) groups excluding carboxylic acids is 1. The summed E-state index contributed by atoms with van der Waals surface area (Å²) in [4.78, 5) is 27.3. The quantitative estimate of drug-likeness (QED) is 0.609. The first-order valence-electron chi connectivity index (χ1n) is 5.46. The van der Waals surface area contributed by atoms with Crippen LogP contribution in [0, 0.1) is 0 Å². The fourth-order valence-electron chi connectivity index (χ4n) is 1.56. The largest absolute Gasteiger partial charge is 0.497 e. The number of carbonyl (C=O) groups is 1. The number of rotatable bonds is 3. The molecule has 0 radical (unpaired) electrons. The van der Waals surface area contributed by atoms with E-state index >= 15 is 0 Å². The van der Waals surface area contributed by atoms with Gasteiger partial charge in [-0.3, -0.25) is 9.36 Å². The fourth-order valence-corrected chi connectivity index (χ4v) is 1.56. The van der Waals surface area contributed by atoms with Gasteiger partial charge in [0.25, 0.3) is 5.56 Å². The monoisotopic (exact) mass is 260 g/mol. The summed E-state index contributed by atoms with van der Waals surface area (Å²) < 4.78 is 10.7. The van der Waals surface area contributed by atoms with Crippen molar-refractivity contribution in [3.8, 4) is 5.75 Å². The van der Waals surface area contributed by atoms with E-state index in [1.165, 1.54) is 31.3 Å². The third-order valence-corrected chi connectivity index (χ3v) is 2.56. The average Bonchev–Trinajstić information content (AvgIpc) is 2.46. The Balaban J connectivity index is 2.53. The number of nitrogens with zero attached hydrogens (tertiary/aromatic N) is 2. The lowest BCUT2D eigenvalue weighted by Crippen LogP contribution is -2.16. The van der Waals surface area contributed by atoms with Gasteiger partial charge in [0.05, 0.1) is 25.1 Å². The molecule has 0 atom stereocenters. The van der Waals surface area contributed by atoms with Gasteiger partial charge in [-0.05, 0) is 18.2 Å². The van der Waals surface area contributed by atoms with Gasteiger partial charge in [-0.15, -0.1) is 0 Å². The molecular formula is C13H12N2O4. The van der Waals surface area contributed by atoms with Gasteiger partial charge in [-0.2, -0.15) is 0 Å². The lowest BCUT2D eigenvalue weighted by molar-refractivity contribution is -0.134. The van der Waals surface area contributed by atoms with Crippen molar-refractivity contribution in [1.29, 1.82) is 0 Å². The van der Waals surface area contributed by atoms with E-state index in [4.69, 9.17) is 4.74 Å². The van der Waals surface area contributed by atoms with E-state index in [-0.39, 0.29) is 5.56 Å². The number of ether oxygens (including phenoxy) is 2. The van der Waals surface area contributed by atoms with Gasteiger partial charge in [0.15, 0.2) is 0 Å². The molecule has 6 nitrogen and oxygen atoms in total. The van der Waals surface area contributed by atoms with Crippen molar-refractivity contribution in [2.45, 2.75) is 0 Å². The Labute approximate surface area is 108 Å². The molecule has 2 rings (SSSR count). The first-order valence-corrected chi connectivity index (χ1v) is 5.46. The van der Waals surface area contributed by atoms with Gasteiger partial charge in [-0.25, -0.2) is 9.78 Å². The van der Waals surface area contributed by atoms with Crippen molar-refractivity contribution in [1.82, 2.24) is 9.55 Å². The number of hydrogen-bond donors (Lipinski definition) is 0. The number of benzene rings is 1. The minimum atomic E-state index is -0.544. The fraction of sp³-hybridized carbons (Fsp3) is 0.154. The predicted molar refractivity (Wildman–Crippen MR) is 69.9 cm³/mol. The second kappa shape index (κ2) is 5.34. The molecule has 0 fully saturated rings. The zero-order valence-electron chi connectivity index (χ0n) is 10.5. The Hall–Kier alpha value is -2.63. The molecular weight excluding hydrogens is 248 g/mol. The first kappa shape index (κ1) is 12.8. The molecule has 0 aliphatic carbocycles. The maximum atomic E-state index is 12.2. The Morgan fingerprint density at radius 1 is 1.37 bits per heavy atom. The van der Waals surface area contributed by atoms with E-state index in [2.05, 4.69) is 9.72 Å². The molecule has 0 bridgehead atoms. The normalized spacial score (nSPS) is 10.8. The number of aromatic nitrogens is 2. The zero-order valence-corrected chi connectivity index (χ0v) is 10.5. The summed E-state index contributed by atoms with van der Waals surface area (Å²) in [6, 6.07) is 5.03. The van der Waals surface area contributed by atoms with Gasteiger partial charge < -0.3 is 9.47 Å². The Morgan fingerprint density at radius 2 is 2.16 bits per heavy atom. The van der Waals surface area contributed by atoms with Gasteiger partial charge in [0.1, 0.15) is 12.1 Å². The van der Waals surface area contributed by atoms with Crippen molar-refractivity contribution in [2.24, 2.45) is 0 Å². The lowest BCUT2D eigenvalue weighted by Gasteiger charge is -2.03. The molecule has 1 heterocycles. The molecule has 0 unspecified atom stereocenters. The van der Waals surface area contributed by atoms with Crippen molar-refractivity contribution >= 4 is 23.1 Å². The number of hydrogen-bond acceptors (Lipinski definition) is 5. The van der Waals surface area contributed by atoms with Crippen LogP contribution in [0.2, 0.25) is 0 Å². The summed E-state index contributed by atoms with van der Waals surface area (Å²) in [6.45, 7) is 0. The van der Waals surface area contributed by atoms with Crippen LogP contribution in [-0.4, -0.2) is 29.7 Å². The summed E-state index contributed by atoms with van der Waals surface area (Å²) in [5.74, 6) is 0.0266. The Kier molecular flexibility index (Phi) is 3.61. The van der Waals surface area contributed by atoms with Crippen LogP contribution in [0.25, 0.3) is 17.1 Å². The highest BCUT2D eigenvalue weighted by Gasteiger charge is 2.04. The van der Waals surface area contributed by atoms with Crippen LogP contribution in [0.15, 0.2) is 35.4 Å². The molecule has 1 aromatic heterocycles. The van der Waals surface area contributed by atoms with Crippen LogP contribution in [-0.2, 0) is 9.53 Å². The van der Waals surface area contributed by atoms with E-state index in [9.17, 15) is 9.59 Å². The molecule has 0 aliphatic rings. The molecule has 0 saturated heterocycles. The summed E-state index contributed by atoms with van der Waals surface area (Å²) >= 11 is 0. The number of methoxy groups -OCH3 is 2. The van der Waals surface area contributed by atoms with Gasteiger partial charge >= 0.3 is 5.97 Å². The van der Waals surface area contributed by atoms with E-state index in [1.54, 1.807) is 18.2 Å². The molecule has 0 N–H and O–H groups in total. The van der Waals surface area contributed by atoms with Gasteiger partial charge in [0.2, 0.25) is 0 Å². The maximum absolute atomic E-state index is 12.2. The summed E-state index contributed by atoms with van der Waals surface area (Å²) in [5, 5.41) is 0.413. The van der Waals surface area contributed by atoms with Crippen LogP contribution >= 0.6 is 0 Å². The number of esters is 1. The van der Waals surface area contributed by atoms with E-state index in [1.807, 2.05) is 0 Å². The first-order chi connectivity index (χ1) is 9.15. The Morgan fingerprint density at radius 3 is 2.84 bits per heavy atom. The smallest absolute Gasteiger partial charge is 0.331 e.